The van der Waals surface area contributed by atoms with Crippen LogP contribution in [0, 0.1) is 0 Å². The van der Waals surface area contributed by atoms with E-state index < -0.39 is 0 Å². The molecule has 7 heteroatoms. The number of hydrogen-bond donors (Lipinski definition) is 2. The molecule has 2 aromatic rings. The van der Waals surface area contributed by atoms with Gasteiger partial charge in [0.2, 0.25) is 5.91 Å². The highest BCUT2D eigenvalue weighted by Gasteiger charge is 2.32. The summed E-state index contributed by atoms with van der Waals surface area (Å²) in [6, 6.07) is 9.12. The average molecular weight is 383 g/mol. The summed E-state index contributed by atoms with van der Waals surface area (Å²) < 4.78 is 11.3. The Bertz CT molecular complexity index is 1030. The van der Waals surface area contributed by atoms with Gasteiger partial charge in [-0.3, -0.25) is 9.59 Å². The van der Waals surface area contributed by atoms with Crippen LogP contribution in [-0.4, -0.2) is 25.0 Å². The van der Waals surface area contributed by atoms with Gasteiger partial charge in [-0.2, -0.15) is 0 Å². The monoisotopic (exact) mass is 382 g/mol. The topological polar surface area (TPSA) is 76.7 Å². The van der Waals surface area contributed by atoms with Crippen molar-refractivity contribution in [2.75, 3.05) is 23.8 Å². The molecule has 0 aliphatic carbocycles. The lowest BCUT2D eigenvalue weighted by atomic mass is 9.83. The first-order valence-electron chi connectivity index (χ1n) is 8.60. The van der Waals surface area contributed by atoms with Crippen LogP contribution < -0.4 is 20.1 Å². The number of anilines is 2. The number of amides is 2. The van der Waals surface area contributed by atoms with Crippen LogP contribution in [-0.2, 0) is 9.59 Å². The fourth-order valence-corrected chi connectivity index (χ4v) is 3.91. The van der Waals surface area contributed by atoms with E-state index in [1.165, 1.54) is 0 Å². The van der Waals surface area contributed by atoms with E-state index in [9.17, 15) is 9.59 Å². The number of carbonyl (C=O) groups is 2. The Labute approximate surface area is 160 Å². The van der Waals surface area contributed by atoms with Gasteiger partial charge in [0.15, 0.2) is 6.61 Å². The predicted octanol–water partition coefficient (Wildman–Crippen LogP) is 3.57. The summed E-state index contributed by atoms with van der Waals surface area (Å²) in [5, 5.41) is 6.35. The first-order valence-corrected chi connectivity index (χ1v) is 8.98. The van der Waals surface area contributed by atoms with E-state index in [-0.39, 0.29) is 24.3 Å². The molecule has 0 spiro atoms. The van der Waals surface area contributed by atoms with E-state index in [0.29, 0.717) is 35.2 Å². The molecule has 6 nitrogen and oxygen atoms in total. The molecule has 0 saturated carbocycles. The van der Waals surface area contributed by atoms with Gasteiger partial charge in [0.25, 0.3) is 5.91 Å². The van der Waals surface area contributed by atoms with Gasteiger partial charge in [0, 0.05) is 34.7 Å². The Kier molecular flexibility index (Phi) is 3.62. The summed E-state index contributed by atoms with van der Waals surface area (Å²) in [5.41, 5.74) is 4.13. The highest BCUT2D eigenvalue weighted by molar-refractivity contribution is 6.30. The number of benzene rings is 2. The second-order valence-electron chi connectivity index (χ2n) is 6.77. The summed E-state index contributed by atoms with van der Waals surface area (Å²) in [7, 11) is 0. The molecule has 1 atom stereocenters. The van der Waals surface area contributed by atoms with Gasteiger partial charge in [-0.1, -0.05) is 11.6 Å². The highest BCUT2D eigenvalue weighted by Crippen LogP contribution is 2.45. The van der Waals surface area contributed by atoms with Crippen LogP contribution in [0.25, 0.3) is 6.08 Å². The number of ether oxygens (including phenoxy) is 2. The average Bonchev–Trinajstić information content (AvgIpc) is 2.65. The number of nitrogens with one attached hydrogen (secondary N) is 2. The van der Waals surface area contributed by atoms with E-state index in [0.717, 1.165) is 22.4 Å². The largest absolute Gasteiger partial charge is 0.489 e. The number of fused-ring (bicyclic) bond motifs is 3. The Morgan fingerprint density at radius 2 is 1.74 bits per heavy atom. The van der Waals surface area contributed by atoms with Gasteiger partial charge in [0.05, 0.1) is 5.69 Å². The molecule has 1 unspecified atom stereocenters. The van der Waals surface area contributed by atoms with Crippen molar-refractivity contribution in [3.05, 3.63) is 52.1 Å². The summed E-state index contributed by atoms with van der Waals surface area (Å²) in [4.78, 5) is 23.9. The van der Waals surface area contributed by atoms with Crippen LogP contribution in [0.3, 0.4) is 0 Å². The molecule has 0 bridgehead atoms. The van der Waals surface area contributed by atoms with E-state index in [1.807, 2.05) is 24.3 Å². The minimum atomic E-state index is -0.192. The van der Waals surface area contributed by atoms with Gasteiger partial charge >= 0.3 is 0 Å². The molecule has 2 aromatic carbocycles. The first-order chi connectivity index (χ1) is 13.1. The van der Waals surface area contributed by atoms with E-state index in [2.05, 4.69) is 10.6 Å². The van der Waals surface area contributed by atoms with Crippen molar-refractivity contribution < 1.29 is 19.1 Å². The highest BCUT2D eigenvalue weighted by atomic mass is 35.5. The molecule has 0 aromatic heterocycles. The summed E-state index contributed by atoms with van der Waals surface area (Å²) in [6.07, 6.45) is 2.35. The van der Waals surface area contributed by atoms with E-state index >= 15 is 0 Å². The predicted molar refractivity (Wildman–Crippen MR) is 101 cm³/mol. The van der Waals surface area contributed by atoms with Gasteiger partial charge in [-0.15, -0.1) is 0 Å². The number of halogens is 1. The maximum absolute atomic E-state index is 12.3. The standard InChI is InChI=1S/C20H15ClN2O4/c21-12-1-2-17-10(4-12)3-11(8-26-17)13-6-19(24)22-15-7-18-16(5-14(13)15)23-20(25)9-27-18/h1-5,7,13H,6,8-9H2,(H,22,24)(H,23,25). The third-order valence-corrected chi connectivity index (χ3v) is 5.21. The van der Waals surface area contributed by atoms with Crippen molar-refractivity contribution in [1.82, 2.24) is 0 Å². The Balaban J connectivity index is 1.59. The molecule has 27 heavy (non-hydrogen) atoms. The van der Waals surface area contributed by atoms with Crippen molar-refractivity contribution in [2.45, 2.75) is 12.3 Å². The molecule has 3 aliphatic heterocycles. The minimum Gasteiger partial charge on any atom is -0.489 e. The van der Waals surface area contributed by atoms with Crippen LogP contribution in [0.15, 0.2) is 35.9 Å². The van der Waals surface area contributed by atoms with Crippen LogP contribution >= 0.6 is 11.6 Å². The molecule has 3 heterocycles. The quantitative estimate of drug-likeness (QED) is 0.790. The van der Waals surface area contributed by atoms with Gasteiger partial charge in [-0.05, 0) is 41.5 Å². The van der Waals surface area contributed by atoms with Crippen LogP contribution in [0.4, 0.5) is 11.4 Å². The lowest BCUT2D eigenvalue weighted by molar-refractivity contribution is -0.119. The van der Waals surface area contributed by atoms with Gasteiger partial charge in [0.1, 0.15) is 18.1 Å². The second kappa shape index (κ2) is 6.03. The zero-order valence-electron chi connectivity index (χ0n) is 14.2. The molecular formula is C20H15ClN2O4. The van der Waals surface area contributed by atoms with Gasteiger partial charge in [-0.25, -0.2) is 0 Å². The molecule has 0 saturated heterocycles. The normalized spacial score (nSPS) is 20.0. The number of hydrogen-bond acceptors (Lipinski definition) is 4. The molecule has 5 rings (SSSR count). The van der Waals surface area contributed by atoms with Crippen molar-refractivity contribution >= 4 is 40.9 Å². The van der Waals surface area contributed by atoms with Gasteiger partial charge < -0.3 is 20.1 Å². The van der Waals surface area contributed by atoms with Crippen molar-refractivity contribution in [3.63, 3.8) is 0 Å². The fraction of sp³-hybridized carbons (Fsp3) is 0.200. The van der Waals surface area contributed by atoms with Crippen LogP contribution in [0.5, 0.6) is 11.5 Å². The summed E-state index contributed by atoms with van der Waals surface area (Å²) in [5.74, 6) is 0.924. The third-order valence-electron chi connectivity index (χ3n) is 4.98. The smallest absolute Gasteiger partial charge is 0.262 e. The maximum Gasteiger partial charge on any atom is 0.262 e. The van der Waals surface area contributed by atoms with E-state index in [1.54, 1.807) is 12.1 Å². The lowest BCUT2D eigenvalue weighted by Crippen LogP contribution is -2.29. The second-order valence-corrected chi connectivity index (χ2v) is 7.20. The van der Waals surface area contributed by atoms with Crippen LogP contribution in [0.2, 0.25) is 5.02 Å². The van der Waals surface area contributed by atoms with Crippen LogP contribution in [0.1, 0.15) is 23.5 Å². The molecule has 136 valence electrons. The third kappa shape index (κ3) is 2.82. The van der Waals surface area contributed by atoms with Crippen molar-refractivity contribution in [3.8, 4) is 11.5 Å². The summed E-state index contributed by atoms with van der Waals surface area (Å²) >= 11 is 6.10. The molecule has 0 fully saturated rings. The van der Waals surface area contributed by atoms with Crippen molar-refractivity contribution in [1.29, 1.82) is 0 Å². The summed E-state index contributed by atoms with van der Waals surface area (Å²) in [6.45, 7) is 0.367. The zero-order valence-corrected chi connectivity index (χ0v) is 14.9. The Morgan fingerprint density at radius 1 is 0.926 bits per heavy atom. The first kappa shape index (κ1) is 16.2. The number of carbonyl (C=O) groups excluding carboxylic acids is 2. The van der Waals surface area contributed by atoms with E-state index in [4.69, 9.17) is 21.1 Å². The SMILES string of the molecule is O=C1COc2cc3c(cc2N1)C(C1=Cc2cc(Cl)ccc2OC1)CC(=O)N3. The lowest BCUT2D eigenvalue weighted by Gasteiger charge is -2.31. The fourth-order valence-electron chi connectivity index (χ4n) is 3.73. The maximum atomic E-state index is 12.3. The molecular weight excluding hydrogens is 368 g/mol. The Morgan fingerprint density at radius 3 is 2.63 bits per heavy atom. The number of rotatable bonds is 1. The Hall–Kier alpha value is -2.99. The zero-order chi connectivity index (χ0) is 18.5. The molecule has 0 radical (unpaired) electrons. The molecule has 2 amide bonds. The minimum absolute atomic E-state index is 0.0281. The molecule has 2 N–H and O–H groups in total. The molecule has 3 aliphatic rings. The van der Waals surface area contributed by atoms with Crippen molar-refractivity contribution in [2.24, 2.45) is 0 Å².